The molecule has 11 heteroatoms. The predicted octanol–water partition coefficient (Wildman–Crippen LogP) is 4.58. The second-order valence-electron chi connectivity index (χ2n) is 8.27. The molecule has 10 nitrogen and oxygen atoms in total. The van der Waals surface area contributed by atoms with Crippen LogP contribution >= 0.6 is 15.9 Å². The third-order valence-electron chi connectivity index (χ3n) is 5.32. The predicted molar refractivity (Wildman–Crippen MR) is 153 cm³/mol. The van der Waals surface area contributed by atoms with Crippen LogP contribution in [0.1, 0.15) is 23.6 Å². The highest BCUT2D eigenvalue weighted by molar-refractivity contribution is 9.10. The number of benzene rings is 3. The Balaban J connectivity index is 1.57. The van der Waals surface area contributed by atoms with Gasteiger partial charge in [-0.15, -0.1) is 0 Å². The highest BCUT2D eigenvalue weighted by Crippen LogP contribution is 2.29. The minimum absolute atomic E-state index is 0.220. The van der Waals surface area contributed by atoms with Crippen molar-refractivity contribution < 1.29 is 28.6 Å². The Labute approximate surface area is 234 Å². The van der Waals surface area contributed by atoms with Gasteiger partial charge in [-0.3, -0.25) is 14.4 Å². The monoisotopic (exact) mass is 596 g/mol. The summed E-state index contributed by atoms with van der Waals surface area (Å²) in [4.78, 5) is 36.7. The molecule has 0 fully saturated rings. The van der Waals surface area contributed by atoms with Crippen LogP contribution in [0.4, 0.5) is 11.4 Å². The van der Waals surface area contributed by atoms with Gasteiger partial charge in [0.25, 0.3) is 5.91 Å². The fourth-order valence-corrected chi connectivity index (χ4v) is 4.18. The lowest BCUT2D eigenvalue weighted by atomic mass is 10.1. The molecule has 0 aromatic heterocycles. The summed E-state index contributed by atoms with van der Waals surface area (Å²) in [5.41, 5.74) is 5.79. The first kappa shape index (κ1) is 29.2. The van der Waals surface area contributed by atoms with Crippen molar-refractivity contribution in [3.05, 3.63) is 75.8 Å². The molecule has 0 unspecified atom stereocenters. The third kappa shape index (κ3) is 8.57. The number of methoxy groups -OCH3 is 1. The number of amides is 3. The first-order valence-electron chi connectivity index (χ1n) is 11.9. The molecule has 3 N–H and O–H groups in total. The number of halogens is 1. The van der Waals surface area contributed by atoms with Crippen molar-refractivity contribution in [3.8, 4) is 17.2 Å². The number of hydrogen-bond acceptors (Lipinski definition) is 7. The van der Waals surface area contributed by atoms with Crippen molar-refractivity contribution in [3.63, 3.8) is 0 Å². The van der Waals surface area contributed by atoms with Gasteiger partial charge in [0.1, 0.15) is 5.75 Å². The normalized spacial score (nSPS) is 10.6. The minimum atomic E-state index is -0.936. The Morgan fingerprint density at radius 2 is 1.59 bits per heavy atom. The first-order valence-corrected chi connectivity index (χ1v) is 12.7. The second-order valence-corrected chi connectivity index (χ2v) is 9.19. The van der Waals surface area contributed by atoms with Gasteiger partial charge in [-0.25, -0.2) is 5.43 Å². The number of ether oxygens (including phenoxy) is 3. The molecule has 0 bridgehead atoms. The van der Waals surface area contributed by atoms with Crippen molar-refractivity contribution in [2.24, 2.45) is 5.10 Å². The van der Waals surface area contributed by atoms with E-state index in [2.05, 4.69) is 37.1 Å². The molecular weight excluding hydrogens is 568 g/mol. The number of hydrogen-bond donors (Lipinski definition) is 3. The topological polar surface area (TPSA) is 127 Å². The average molecular weight is 597 g/mol. The van der Waals surface area contributed by atoms with Gasteiger partial charge in [0.15, 0.2) is 18.1 Å². The number of anilines is 2. The maximum atomic E-state index is 12.5. The van der Waals surface area contributed by atoms with Gasteiger partial charge in [0.2, 0.25) is 0 Å². The number of nitrogens with one attached hydrogen (secondary N) is 3. The van der Waals surface area contributed by atoms with Crippen LogP contribution in [0.3, 0.4) is 0 Å². The molecule has 39 heavy (non-hydrogen) atoms. The molecule has 0 saturated carbocycles. The molecule has 204 valence electrons. The minimum Gasteiger partial charge on any atom is -0.497 e. The molecule has 0 atom stereocenters. The summed E-state index contributed by atoms with van der Waals surface area (Å²) >= 11 is 3.45. The maximum absolute atomic E-state index is 12.5. The molecule has 0 aliphatic carbocycles. The summed E-state index contributed by atoms with van der Waals surface area (Å²) in [6.07, 6.45) is 1.36. The molecule has 3 amide bonds. The fourth-order valence-electron chi connectivity index (χ4n) is 3.50. The number of nitrogens with zero attached hydrogens (tertiary/aromatic N) is 1. The van der Waals surface area contributed by atoms with E-state index in [0.717, 1.165) is 21.3 Å². The quantitative estimate of drug-likeness (QED) is 0.179. The smallest absolute Gasteiger partial charge is 0.329 e. The van der Waals surface area contributed by atoms with Crippen LogP contribution in [0.5, 0.6) is 17.2 Å². The Hall–Kier alpha value is -4.38. The second kappa shape index (κ2) is 14.0. The molecule has 3 aromatic carbocycles. The van der Waals surface area contributed by atoms with Crippen molar-refractivity contribution in [1.29, 1.82) is 0 Å². The zero-order valence-electron chi connectivity index (χ0n) is 22.0. The summed E-state index contributed by atoms with van der Waals surface area (Å²) in [6.45, 7) is 5.79. The Morgan fingerprint density at radius 3 is 2.23 bits per heavy atom. The van der Waals surface area contributed by atoms with Crippen LogP contribution < -0.4 is 30.3 Å². The zero-order valence-corrected chi connectivity index (χ0v) is 23.5. The Bertz CT molecular complexity index is 1350. The van der Waals surface area contributed by atoms with Crippen molar-refractivity contribution in [2.45, 2.75) is 20.8 Å². The van der Waals surface area contributed by atoms with Gasteiger partial charge >= 0.3 is 11.8 Å². The lowest BCUT2D eigenvalue weighted by molar-refractivity contribution is -0.136. The maximum Gasteiger partial charge on any atom is 0.329 e. The van der Waals surface area contributed by atoms with Crippen LogP contribution in [-0.4, -0.2) is 44.3 Å². The number of aryl methyl sites for hydroxylation is 2. The van der Waals surface area contributed by atoms with Crippen molar-refractivity contribution in [2.75, 3.05) is 31.0 Å². The van der Waals surface area contributed by atoms with E-state index in [9.17, 15) is 14.4 Å². The third-order valence-corrected chi connectivity index (χ3v) is 5.78. The average Bonchev–Trinajstić information content (AvgIpc) is 2.90. The largest absolute Gasteiger partial charge is 0.497 e. The molecule has 0 saturated heterocycles. The first-order chi connectivity index (χ1) is 18.7. The van der Waals surface area contributed by atoms with Gasteiger partial charge in [-0.05, 0) is 92.1 Å². The van der Waals surface area contributed by atoms with Crippen molar-refractivity contribution in [1.82, 2.24) is 5.43 Å². The van der Waals surface area contributed by atoms with E-state index in [1.54, 1.807) is 42.5 Å². The molecule has 0 aliphatic heterocycles. The van der Waals surface area contributed by atoms with Gasteiger partial charge in [-0.2, -0.15) is 5.10 Å². The van der Waals surface area contributed by atoms with Crippen molar-refractivity contribution >= 4 is 51.2 Å². The van der Waals surface area contributed by atoms with Gasteiger partial charge in [0, 0.05) is 15.8 Å². The van der Waals surface area contributed by atoms with Gasteiger partial charge in [0.05, 0.1) is 19.9 Å². The summed E-state index contributed by atoms with van der Waals surface area (Å²) in [6, 6.07) is 15.3. The lowest BCUT2D eigenvalue weighted by Crippen LogP contribution is -2.32. The van der Waals surface area contributed by atoms with E-state index in [1.165, 1.54) is 13.3 Å². The standard InChI is InChI=1S/C28H29BrN4O6/c1-5-38-24-14-19(15-30-33-28(36)27(35)31-21-7-9-22(37-4)10-8-21)6-11-23(24)39-16-25(34)32-26-17(2)12-20(29)13-18(26)3/h6-15H,5,16H2,1-4H3,(H,31,35)(H,32,34)(H,33,36)/b30-15-. The fraction of sp³-hybridized carbons (Fsp3) is 0.214. The number of carbonyl (C=O) groups excluding carboxylic acids is 3. The highest BCUT2D eigenvalue weighted by atomic mass is 79.9. The van der Waals surface area contributed by atoms with Gasteiger partial charge < -0.3 is 24.8 Å². The molecule has 0 radical (unpaired) electrons. The van der Waals surface area contributed by atoms with Gasteiger partial charge in [-0.1, -0.05) is 15.9 Å². The molecule has 3 aromatic rings. The van der Waals surface area contributed by atoms with E-state index in [1.807, 2.05) is 32.9 Å². The number of hydrazone groups is 1. The van der Waals surface area contributed by atoms with Crippen LogP contribution in [0.2, 0.25) is 0 Å². The van der Waals surface area contributed by atoms with Crippen LogP contribution in [0, 0.1) is 13.8 Å². The van der Waals surface area contributed by atoms with E-state index in [-0.39, 0.29) is 12.5 Å². The molecule has 0 heterocycles. The number of carbonyl (C=O) groups is 3. The van der Waals surface area contributed by atoms with E-state index >= 15 is 0 Å². The zero-order chi connectivity index (χ0) is 28.4. The SMILES string of the molecule is CCOc1cc(/C=N\NC(=O)C(=O)Nc2ccc(OC)cc2)ccc1OCC(=O)Nc1c(C)cc(Br)cc1C. The van der Waals surface area contributed by atoms with Crippen LogP contribution in [0.25, 0.3) is 0 Å². The molecular formula is C28H29BrN4O6. The lowest BCUT2D eigenvalue weighted by Gasteiger charge is -2.14. The Kier molecular flexibility index (Phi) is 10.4. The molecule has 3 rings (SSSR count). The molecule has 0 aliphatic rings. The van der Waals surface area contributed by atoms with Crippen LogP contribution in [-0.2, 0) is 14.4 Å². The van der Waals surface area contributed by atoms with E-state index in [0.29, 0.717) is 35.1 Å². The summed E-state index contributed by atoms with van der Waals surface area (Å²) < 4.78 is 17.3. The highest BCUT2D eigenvalue weighted by Gasteiger charge is 2.14. The summed E-state index contributed by atoms with van der Waals surface area (Å²) in [5, 5.41) is 9.19. The Morgan fingerprint density at radius 1 is 0.897 bits per heavy atom. The van der Waals surface area contributed by atoms with Crippen LogP contribution in [0.15, 0.2) is 64.2 Å². The number of rotatable bonds is 10. The van der Waals surface area contributed by atoms with E-state index < -0.39 is 11.8 Å². The summed E-state index contributed by atoms with van der Waals surface area (Å²) in [5.74, 6) is -0.728. The summed E-state index contributed by atoms with van der Waals surface area (Å²) in [7, 11) is 1.53. The van der Waals surface area contributed by atoms with E-state index in [4.69, 9.17) is 14.2 Å². The molecule has 0 spiro atoms.